The summed E-state index contributed by atoms with van der Waals surface area (Å²) in [5.41, 5.74) is 2.60. The van der Waals surface area contributed by atoms with Gasteiger partial charge in [0.25, 0.3) is 11.8 Å². The molecule has 5 aliphatic rings. The molecule has 6 heterocycles. The predicted molar refractivity (Wildman–Crippen MR) is 271 cm³/mol. The van der Waals surface area contributed by atoms with Gasteiger partial charge >= 0.3 is 0 Å². The topological polar surface area (TPSA) is 191 Å². The van der Waals surface area contributed by atoms with Gasteiger partial charge < -0.3 is 35.6 Å². The summed E-state index contributed by atoms with van der Waals surface area (Å²) in [6, 6.07) is 19.5. The van der Waals surface area contributed by atoms with Crippen molar-refractivity contribution in [3.63, 3.8) is 0 Å². The van der Waals surface area contributed by atoms with E-state index in [1.807, 2.05) is 12.1 Å². The average Bonchev–Trinajstić information content (AvgIpc) is 4.18. The third kappa shape index (κ3) is 9.55. The van der Waals surface area contributed by atoms with Crippen LogP contribution in [0.1, 0.15) is 73.1 Å². The van der Waals surface area contributed by atoms with Crippen molar-refractivity contribution >= 4 is 63.3 Å². The molecule has 374 valence electrons. The first kappa shape index (κ1) is 48.2. The molecule has 4 N–H and O–H groups in total. The number of pyridine rings is 2. The SMILES string of the molecule is C=C1CCC(N2C(=O)c3ccnc(NC[C@H](C)N4CCN([C@H](C)C5CCN(c6cc7nccc(Oc8ccc(NC(=O)C9(C(=O)Nc%10ccc(F)cc%10)CC9)cc8)c7cc6OC)CC5)CC4)c3C2=O)C(=O)N1. The third-order valence-electron chi connectivity index (χ3n) is 15.2. The second-order valence-corrected chi connectivity index (χ2v) is 19.6. The summed E-state index contributed by atoms with van der Waals surface area (Å²) in [4.78, 5) is 83.7. The lowest BCUT2D eigenvalue weighted by molar-refractivity contribution is -0.131. The summed E-state index contributed by atoms with van der Waals surface area (Å²) in [5, 5.41) is 12.4. The fourth-order valence-corrected chi connectivity index (χ4v) is 10.6. The first-order valence-electron chi connectivity index (χ1n) is 24.8. The normalized spacial score (nSPS) is 20.1. The number of methoxy groups -OCH3 is 1. The molecule has 3 atom stereocenters. The molecule has 0 radical (unpaired) electrons. The van der Waals surface area contributed by atoms with E-state index in [0.29, 0.717) is 78.6 Å². The maximum absolute atomic E-state index is 13.6. The minimum atomic E-state index is -1.18. The zero-order valence-corrected chi connectivity index (χ0v) is 40.7. The molecule has 1 saturated carbocycles. The number of hydrogen-bond acceptors (Lipinski definition) is 13. The highest BCUT2D eigenvalue weighted by molar-refractivity contribution is 6.25. The summed E-state index contributed by atoms with van der Waals surface area (Å²) < 4.78 is 25.7. The molecule has 72 heavy (non-hydrogen) atoms. The molecule has 3 saturated heterocycles. The predicted octanol–water partition coefficient (Wildman–Crippen LogP) is 7.04. The second kappa shape index (κ2) is 20.0. The van der Waals surface area contributed by atoms with Gasteiger partial charge in [-0.2, -0.15) is 0 Å². The molecule has 18 heteroatoms. The number of carbonyl (C=O) groups excluding carboxylic acids is 5. The van der Waals surface area contributed by atoms with Crippen LogP contribution in [0.4, 0.5) is 27.3 Å². The Morgan fingerprint density at radius 3 is 2.12 bits per heavy atom. The number of anilines is 4. The van der Waals surface area contributed by atoms with E-state index < -0.39 is 46.8 Å². The quantitative estimate of drug-likeness (QED) is 0.0618. The minimum absolute atomic E-state index is 0.143. The van der Waals surface area contributed by atoms with Crippen LogP contribution in [0.15, 0.2) is 97.5 Å². The van der Waals surface area contributed by atoms with Gasteiger partial charge in [-0.25, -0.2) is 9.37 Å². The van der Waals surface area contributed by atoms with Crippen LogP contribution in [0, 0.1) is 17.2 Å². The molecule has 1 aliphatic carbocycles. The van der Waals surface area contributed by atoms with Crippen LogP contribution in [-0.4, -0.2) is 125 Å². The summed E-state index contributed by atoms with van der Waals surface area (Å²) in [6.07, 6.45) is 7.01. The van der Waals surface area contributed by atoms with Crippen LogP contribution in [0.3, 0.4) is 0 Å². The summed E-state index contributed by atoms with van der Waals surface area (Å²) in [7, 11) is 1.68. The molecule has 4 fully saturated rings. The highest BCUT2D eigenvalue weighted by Crippen LogP contribution is 2.48. The zero-order valence-electron chi connectivity index (χ0n) is 40.7. The van der Waals surface area contributed by atoms with E-state index in [-0.39, 0.29) is 17.2 Å². The van der Waals surface area contributed by atoms with Crippen molar-refractivity contribution in [2.45, 2.75) is 70.5 Å². The Morgan fingerprint density at radius 1 is 0.819 bits per heavy atom. The average molecular weight is 979 g/mol. The van der Waals surface area contributed by atoms with E-state index in [1.165, 1.54) is 30.5 Å². The number of nitrogens with zero attached hydrogens (tertiary/aromatic N) is 6. The fraction of sp³-hybridized carbons (Fsp3) is 0.389. The second-order valence-electron chi connectivity index (χ2n) is 19.6. The Labute approximate surface area is 417 Å². The monoisotopic (exact) mass is 978 g/mol. The molecule has 3 aromatic carbocycles. The van der Waals surface area contributed by atoms with Crippen molar-refractivity contribution in [3.05, 3.63) is 114 Å². The lowest BCUT2D eigenvalue weighted by Crippen LogP contribution is -2.55. The molecular formula is C54H59FN10O7. The molecule has 0 bridgehead atoms. The van der Waals surface area contributed by atoms with Gasteiger partial charge in [0.15, 0.2) is 0 Å². The maximum atomic E-state index is 13.6. The number of benzene rings is 3. The first-order chi connectivity index (χ1) is 34.8. The van der Waals surface area contributed by atoms with Crippen LogP contribution >= 0.6 is 0 Å². The molecule has 4 aliphatic heterocycles. The van der Waals surface area contributed by atoms with Crippen LogP contribution in [0.25, 0.3) is 10.9 Å². The first-order valence-corrected chi connectivity index (χ1v) is 24.8. The molecule has 0 spiro atoms. The number of rotatable bonds is 15. The number of amides is 5. The van der Waals surface area contributed by atoms with Gasteiger partial charge in [0.1, 0.15) is 40.3 Å². The van der Waals surface area contributed by atoms with Gasteiger partial charge in [0.2, 0.25) is 17.7 Å². The minimum Gasteiger partial charge on any atom is -0.495 e. The van der Waals surface area contributed by atoms with Crippen molar-refractivity contribution in [1.82, 2.24) is 30.0 Å². The lowest BCUT2D eigenvalue weighted by atomic mass is 9.88. The standard InChI is InChI=1S/C54H59FN10O7/c1-32-5-14-43(49(66)59-32)65-50(67)40-15-21-57-48(47(40)51(65)68)58-31-33(2)62-25-27-63(28-26-62)34(3)35-17-23-64(24-18-35)44-30-42-41(29-46(44)71-4)45(16-22-56-42)72-39-12-10-38(11-13-39)61-53(70)54(19-20-54)52(69)60-37-8-6-36(55)7-9-37/h6-13,15-16,21-22,29-30,33-35,43H,1,5,14,17-20,23-28,31H2,2-4H3,(H,57,58)(H,59,66)(H,60,69)(H,61,70)/t33-,34+,43?/m0/s1. The molecule has 17 nitrogen and oxygen atoms in total. The van der Waals surface area contributed by atoms with Gasteiger partial charge in [-0.15, -0.1) is 0 Å². The van der Waals surface area contributed by atoms with Gasteiger partial charge in [0, 0.05) is 92.7 Å². The highest BCUT2D eigenvalue weighted by Gasteiger charge is 2.56. The lowest BCUT2D eigenvalue weighted by Gasteiger charge is -2.45. The van der Waals surface area contributed by atoms with Gasteiger partial charge in [0.05, 0.1) is 29.4 Å². The van der Waals surface area contributed by atoms with Crippen LogP contribution in [-0.2, 0) is 14.4 Å². The van der Waals surface area contributed by atoms with E-state index in [4.69, 9.17) is 14.5 Å². The molecule has 5 amide bonds. The van der Waals surface area contributed by atoms with Crippen molar-refractivity contribution in [2.24, 2.45) is 11.3 Å². The molecule has 1 unspecified atom stereocenters. The number of carbonyl (C=O) groups is 5. The summed E-state index contributed by atoms with van der Waals surface area (Å²) >= 11 is 0. The molecule has 2 aromatic heterocycles. The van der Waals surface area contributed by atoms with Crippen molar-refractivity contribution < 1.29 is 37.8 Å². The van der Waals surface area contributed by atoms with Gasteiger partial charge in [-0.3, -0.25) is 43.7 Å². The number of nitrogens with one attached hydrogen (secondary N) is 4. The van der Waals surface area contributed by atoms with Gasteiger partial charge in [-0.05, 0) is 131 Å². The number of piperazine rings is 1. The molecule has 5 aromatic rings. The number of fused-ring (bicyclic) bond motifs is 2. The molecular weight excluding hydrogens is 920 g/mol. The number of ether oxygens (including phenoxy) is 2. The smallest absolute Gasteiger partial charge is 0.266 e. The number of imide groups is 1. The van der Waals surface area contributed by atoms with Gasteiger partial charge in [-0.1, -0.05) is 6.58 Å². The Hall–Kier alpha value is -7.44. The van der Waals surface area contributed by atoms with E-state index >= 15 is 0 Å². The van der Waals surface area contributed by atoms with E-state index in [0.717, 1.165) is 79.3 Å². The van der Waals surface area contributed by atoms with E-state index in [1.54, 1.807) is 43.6 Å². The van der Waals surface area contributed by atoms with Crippen LogP contribution < -0.4 is 35.6 Å². The Morgan fingerprint density at radius 2 is 1.47 bits per heavy atom. The Kier molecular flexibility index (Phi) is 13.4. The summed E-state index contributed by atoms with van der Waals surface area (Å²) in [5.74, 6) is 0.183. The van der Waals surface area contributed by atoms with Crippen molar-refractivity contribution in [3.8, 4) is 17.2 Å². The number of halogens is 1. The van der Waals surface area contributed by atoms with Crippen molar-refractivity contribution in [1.29, 1.82) is 0 Å². The number of hydrogen-bond donors (Lipinski definition) is 4. The van der Waals surface area contributed by atoms with Crippen LogP contribution in [0.2, 0.25) is 0 Å². The Balaban J connectivity index is 0.701. The van der Waals surface area contributed by atoms with Crippen molar-refractivity contribution in [2.75, 3.05) is 73.8 Å². The van der Waals surface area contributed by atoms with E-state index in [9.17, 15) is 28.4 Å². The number of piperidine rings is 2. The third-order valence-corrected chi connectivity index (χ3v) is 15.2. The number of allylic oxidation sites excluding steroid dienone is 1. The number of aromatic nitrogens is 2. The Bertz CT molecular complexity index is 2930. The van der Waals surface area contributed by atoms with Crippen LogP contribution in [0.5, 0.6) is 17.2 Å². The largest absolute Gasteiger partial charge is 0.495 e. The fourth-order valence-electron chi connectivity index (χ4n) is 10.6. The maximum Gasteiger partial charge on any atom is 0.266 e. The summed E-state index contributed by atoms with van der Waals surface area (Å²) in [6.45, 7) is 14.3. The molecule has 10 rings (SSSR count). The zero-order chi connectivity index (χ0) is 50.3. The van der Waals surface area contributed by atoms with E-state index in [2.05, 4.69) is 67.4 Å². The highest BCUT2D eigenvalue weighted by atomic mass is 19.1.